The molecule has 0 aromatic heterocycles. The molecule has 108 valence electrons. The van der Waals surface area contributed by atoms with Crippen LogP contribution < -0.4 is 5.43 Å². The highest BCUT2D eigenvalue weighted by molar-refractivity contribution is 5.78. The van der Waals surface area contributed by atoms with Crippen molar-refractivity contribution in [2.24, 2.45) is 5.92 Å². The second-order valence-electron chi connectivity index (χ2n) is 4.93. The predicted octanol–water partition coefficient (Wildman–Crippen LogP) is -0.854. The summed E-state index contributed by atoms with van der Waals surface area (Å²) in [7, 11) is 0. The van der Waals surface area contributed by atoms with Gasteiger partial charge in [-0.25, -0.2) is 10.4 Å². The molecule has 7 nitrogen and oxygen atoms in total. The Labute approximate surface area is 112 Å². The van der Waals surface area contributed by atoms with Crippen LogP contribution in [0.15, 0.2) is 0 Å². The first-order valence-corrected chi connectivity index (χ1v) is 6.73. The summed E-state index contributed by atoms with van der Waals surface area (Å²) in [6.07, 6.45) is 1.11. The number of hydrazine groups is 1. The Bertz CT molecular complexity index is 323. The van der Waals surface area contributed by atoms with E-state index in [0.29, 0.717) is 39.1 Å². The number of likely N-dealkylation sites (tertiary alicyclic amines) is 1. The van der Waals surface area contributed by atoms with E-state index < -0.39 is 5.97 Å². The number of piperidine rings is 1. The number of nitrogens with one attached hydrogen (secondary N) is 1. The Morgan fingerprint density at radius 2 is 1.79 bits per heavy atom. The number of ether oxygens (including phenoxy) is 1. The van der Waals surface area contributed by atoms with Crippen molar-refractivity contribution in [2.45, 2.75) is 12.8 Å². The van der Waals surface area contributed by atoms with E-state index in [2.05, 4.69) is 5.43 Å². The highest BCUT2D eigenvalue weighted by atomic mass is 16.5. The zero-order valence-corrected chi connectivity index (χ0v) is 11.0. The molecule has 2 aliphatic rings. The van der Waals surface area contributed by atoms with Crippen LogP contribution in [0.25, 0.3) is 0 Å². The summed E-state index contributed by atoms with van der Waals surface area (Å²) in [4.78, 5) is 24.5. The number of nitrogens with zero attached hydrogens (tertiary/aromatic N) is 2. The van der Waals surface area contributed by atoms with Gasteiger partial charge >= 0.3 is 5.97 Å². The Morgan fingerprint density at radius 3 is 2.37 bits per heavy atom. The van der Waals surface area contributed by atoms with Crippen molar-refractivity contribution in [3.05, 3.63) is 0 Å². The lowest BCUT2D eigenvalue weighted by Crippen LogP contribution is -2.51. The first-order valence-electron chi connectivity index (χ1n) is 6.73. The number of aliphatic carboxylic acids is 1. The van der Waals surface area contributed by atoms with Crippen molar-refractivity contribution in [3.8, 4) is 0 Å². The van der Waals surface area contributed by atoms with Gasteiger partial charge < -0.3 is 14.7 Å². The largest absolute Gasteiger partial charge is 0.481 e. The molecule has 2 N–H and O–H groups in total. The molecular formula is C12H21N3O4. The Kier molecular flexibility index (Phi) is 5.12. The van der Waals surface area contributed by atoms with Gasteiger partial charge in [-0.3, -0.25) is 9.59 Å². The van der Waals surface area contributed by atoms with Crippen molar-refractivity contribution in [2.75, 3.05) is 45.9 Å². The maximum absolute atomic E-state index is 12.0. The van der Waals surface area contributed by atoms with Crippen LogP contribution in [0.5, 0.6) is 0 Å². The molecule has 0 aromatic rings. The van der Waals surface area contributed by atoms with Crippen LogP contribution in [0.2, 0.25) is 0 Å². The van der Waals surface area contributed by atoms with Crippen LogP contribution in [0.1, 0.15) is 12.8 Å². The Morgan fingerprint density at radius 1 is 1.16 bits per heavy atom. The van der Waals surface area contributed by atoms with E-state index in [4.69, 9.17) is 9.84 Å². The van der Waals surface area contributed by atoms with Gasteiger partial charge in [0.15, 0.2) is 0 Å². The molecule has 0 spiro atoms. The molecule has 1 amide bonds. The maximum atomic E-state index is 12.0. The molecule has 2 heterocycles. The highest BCUT2D eigenvalue weighted by Gasteiger charge is 2.26. The summed E-state index contributed by atoms with van der Waals surface area (Å²) < 4.78 is 5.22. The summed E-state index contributed by atoms with van der Waals surface area (Å²) in [5.74, 6) is -1.01. The second kappa shape index (κ2) is 6.83. The lowest BCUT2D eigenvalue weighted by Gasteiger charge is -2.32. The molecule has 2 rings (SSSR count). The standard InChI is InChI=1S/C12H21N3O4/c16-11(9-13-15-5-7-19-8-6-15)14-3-1-10(2-4-14)12(17)18/h10,13H,1-9H2,(H,17,18). The smallest absolute Gasteiger partial charge is 0.306 e. The normalized spacial score (nSPS) is 22.4. The average molecular weight is 271 g/mol. The lowest BCUT2D eigenvalue weighted by molar-refractivity contribution is -0.145. The minimum atomic E-state index is -0.751. The molecule has 0 saturated carbocycles. The molecule has 19 heavy (non-hydrogen) atoms. The van der Waals surface area contributed by atoms with E-state index in [1.165, 1.54) is 0 Å². The first kappa shape index (κ1) is 14.2. The number of amides is 1. The van der Waals surface area contributed by atoms with Gasteiger partial charge in [-0.05, 0) is 12.8 Å². The SMILES string of the molecule is O=C(O)C1CCN(C(=O)CNN2CCOCC2)CC1. The van der Waals surface area contributed by atoms with Gasteiger partial charge in [-0.1, -0.05) is 0 Å². The molecule has 2 saturated heterocycles. The quantitative estimate of drug-likeness (QED) is 0.693. The van der Waals surface area contributed by atoms with E-state index >= 15 is 0 Å². The monoisotopic (exact) mass is 271 g/mol. The number of morpholine rings is 1. The molecule has 0 atom stereocenters. The van der Waals surface area contributed by atoms with Gasteiger partial charge in [0.05, 0.1) is 25.7 Å². The van der Waals surface area contributed by atoms with Gasteiger partial charge in [-0.2, -0.15) is 0 Å². The molecule has 0 unspecified atom stereocenters. The third-order valence-electron chi connectivity index (χ3n) is 3.66. The summed E-state index contributed by atoms with van der Waals surface area (Å²) in [6, 6.07) is 0. The third-order valence-corrected chi connectivity index (χ3v) is 3.66. The van der Waals surface area contributed by atoms with Gasteiger partial charge in [0.2, 0.25) is 5.91 Å². The molecule has 7 heteroatoms. The molecule has 0 aromatic carbocycles. The number of carbonyl (C=O) groups excluding carboxylic acids is 1. The van der Waals surface area contributed by atoms with Gasteiger partial charge in [0, 0.05) is 26.2 Å². The van der Waals surface area contributed by atoms with E-state index in [1.807, 2.05) is 5.01 Å². The lowest BCUT2D eigenvalue weighted by atomic mass is 9.97. The minimum Gasteiger partial charge on any atom is -0.481 e. The zero-order chi connectivity index (χ0) is 13.7. The topological polar surface area (TPSA) is 82.1 Å². The van der Waals surface area contributed by atoms with E-state index in [-0.39, 0.29) is 18.4 Å². The zero-order valence-electron chi connectivity index (χ0n) is 11.0. The number of carboxylic acids is 1. The van der Waals surface area contributed by atoms with Crippen molar-refractivity contribution in [1.29, 1.82) is 0 Å². The van der Waals surface area contributed by atoms with E-state index in [9.17, 15) is 9.59 Å². The third kappa shape index (κ3) is 4.15. The number of carbonyl (C=O) groups is 2. The van der Waals surface area contributed by atoms with E-state index in [0.717, 1.165) is 13.1 Å². The molecule has 0 radical (unpaired) electrons. The highest BCUT2D eigenvalue weighted by Crippen LogP contribution is 2.17. The molecule has 2 fully saturated rings. The van der Waals surface area contributed by atoms with Crippen LogP contribution in [-0.4, -0.2) is 72.8 Å². The predicted molar refractivity (Wildman–Crippen MR) is 67.3 cm³/mol. The molecule has 0 bridgehead atoms. The minimum absolute atomic E-state index is 0.0373. The summed E-state index contributed by atoms with van der Waals surface area (Å²) in [5.41, 5.74) is 3.10. The Balaban J connectivity index is 1.67. The van der Waals surface area contributed by atoms with Crippen LogP contribution >= 0.6 is 0 Å². The van der Waals surface area contributed by atoms with Crippen molar-refractivity contribution in [3.63, 3.8) is 0 Å². The van der Waals surface area contributed by atoms with Gasteiger partial charge in [0.25, 0.3) is 0 Å². The van der Waals surface area contributed by atoms with Crippen molar-refractivity contribution < 1.29 is 19.4 Å². The van der Waals surface area contributed by atoms with Gasteiger partial charge in [-0.15, -0.1) is 0 Å². The summed E-state index contributed by atoms with van der Waals surface area (Å²) in [6.45, 7) is 4.30. The maximum Gasteiger partial charge on any atom is 0.306 e. The number of hydrogen-bond donors (Lipinski definition) is 2. The van der Waals surface area contributed by atoms with Crippen LogP contribution in [0.3, 0.4) is 0 Å². The average Bonchev–Trinajstić information content (AvgIpc) is 2.46. The van der Waals surface area contributed by atoms with Crippen LogP contribution in [0.4, 0.5) is 0 Å². The van der Waals surface area contributed by atoms with Crippen molar-refractivity contribution >= 4 is 11.9 Å². The van der Waals surface area contributed by atoms with Crippen molar-refractivity contribution in [1.82, 2.24) is 15.3 Å². The molecule has 2 aliphatic heterocycles. The fourth-order valence-electron chi connectivity index (χ4n) is 2.39. The number of carboxylic acid groups (broad SMARTS) is 1. The van der Waals surface area contributed by atoms with Crippen LogP contribution in [-0.2, 0) is 14.3 Å². The fourth-order valence-corrected chi connectivity index (χ4v) is 2.39. The molecule has 0 aliphatic carbocycles. The Hall–Kier alpha value is -1.18. The number of hydrogen-bond acceptors (Lipinski definition) is 5. The molecular weight excluding hydrogens is 250 g/mol. The van der Waals surface area contributed by atoms with E-state index in [1.54, 1.807) is 4.90 Å². The van der Waals surface area contributed by atoms with Crippen LogP contribution in [0, 0.1) is 5.92 Å². The fraction of sp³-hybridized carbons (Fsp3) is 0.833. The number of rotatable bonds is 4. The summed E-state index contributed by atoms with van der Waals surface area (Å²) in [5, 5.41) is 10.9. The van der Waals surface area contributed by atoms with Gasteiger partial charge in [0.1, 0.15) is 0 Å². The summed E-state index contributed by atoms with van der Waals surface area (Å²) >= 11 is 0. The first-order chi connectivity index (χ1) is 9.16. The second-order valence-corrected chi connectivity index (χ2v) is 4.93.